The zero-order valence-corrected chi connectivity index (χ0v) is 23.3. The van der Waals surface area contributed by atoms with Crippen LogP contribution in [0.3, 0.4) is 0 Å². The van der Waals surface area contributed by atoms with E-state index in [9.17, 15) is 4.79 Å². The summed E-state index contributed by atoms with van der Waals surface area (Å²) in [6.07, 6.45) is 10.0. The Kier molecular flexibility index (Phi) is 6.72. The summed E-state index contributed by atoms with van der Waals surface area (Å²) >= 11 is 0. The molecule has 0 N–H and O–H groups in total. The van der Waals surface area contributed by atoms with E-state index in [4.69, 9.17) is 9.72 Å². The van der Waals surface area contributed by atoms with Gasteiger partial charge in [0.1, 0.15) is 11.9 Å². The van der Waals surface area contributed by atoms with Crippen molar-refractivity contribution in [2.45, 2.75) is 94.4 Å². The summed E-state index contributed by atoms with van der Waals surface area (Å²) in [6, 6.07) is 21.6. The predicted octanol–water partition coefficient (Wildman–Crippen LogP) is 5.64. The lowest BCUT2D eigenvalue weighted by Crippen LogP contribution is -2.50. The average Bonchev–Trinajstić information content (AvgIpc) is 3.68. The Labute approximate surface area is 232 Å². The number of amides is 1. The molecule has 2 bridgehead atoms. The molecule has 3 aromatic rings. The van der Waals surface area contributed by atoms with Crippen molar-refractivity contribution < 1.29 is 9.53 Å². The van der Waals surface area contributed by atoms with Crippen molar-refractivity contribution in [3.63, 3.8) is 0 Å². The average molecular weight is 527 g/mol. The number of aryl methyl sites for hydroxylation is 1. The van der Waals surface area contributed by atoms with Crippen LogP contribution < -0.4 is 0 Å². The number of rotatable bonds is 6. The number of likely N-dealkylation sites (tertiary alicyclic amines) is 1. The largest absolute Gasteiger partial charge is 0.368 e. The predicted molar refractivity (Wildman–Crippen MR) is 154 cm³/mol. The van der Waals surface area contributed by atoms with Gasteiger partial charge in [-0.25, -0.2) is 4.98 Å². The summed E-state index contributed by atoms with van der Waals surface area (Å²) < 4.78 is 8.26. The highest BCUT2D eigenvalue weighted by atomic mass is 16.5. The number of hydrogen-bond donors (Lipinski definition) is 0. The van der Waals surface area contributed by atoms with Crippen molar-refractivity contribution in [3.05, 3.63) is 66.0 Å². The highest BCUT2D eigenvalue weighted by molar-refractivity contribution is 5.81. The summed E-state index contributed by atoms with van der Waals surface area (Å²) in [5.74, 6) is 1.37. The third-order valence-electron chi connectivity index (χ3n) is 10.5. The molecule has 1 amide bonds. The second-order valence-electron chi connectivity index (χ2n) is 12.5. The van der Waals surface area contributed by atoms with Gasteiger partial charge in [-0.2, -0.15) is 0 Å². The highest BCUT2D eigenvalue weighted by Crippen LogP contribution is 2.45. The minimum Gasteiger partial charge on any atom is -0.368 e. The lowest BCUT2D eigenvalue weighted by Gasteiger charge is -2.46. The minimum absolute atomic E-state index is 0.141. The van der Waals surface area contributed by atoms with E-state index in [2.05, 4.69) is 75.9 Å². The maximum atomic E-state index is 13.1. The van der Waals surface area contributed by atoms with Gasteiger partial charge in [-0.15, -0.1) is 0 Å². The Morgan fingerprint density at radius 2 is 1.67 bits per heavy atom. The van der Waals surface area contributed by atoms with Gasteiger partial charge in [-0.1, -0.05) is 42.5 Å². The van der Waals surface area contributed by atoms with Crippen LogP contribution in [0.5, 0.6) is 0 Å². The fourth-order valence-electron chi connectivity index (χ4n) is 8.40. The SMILES string of the molecule is Cc1nc2ccccc2n1C1C[C@H]2CC[C@@H](C1)N2CCC1(c2ccccc2)CCN(C(=O)C2CCCO2)CC1. The van der Waals surface area contributed by atoms with Crippen molar-refractivity contribution in [3.8, 4) is 0 Å². The lowest BCUT2D eigenvalue weighted by atomic mass is 9.70. The van der Waals surface area contributed by atoms with Crippen molar-refractivity contribution >= 4 is 16.9 Å². The monoisotopic (exact) mass is 526 g/mol. The smallest absolute Gasteiger partial charge is 0.251 e. The summed E-state index contributed by atoms with van der Waals surface area (Å²) in [5.41, 5.74) is 4.01. The Hall–Kier alpha value is -2.70. The Morgan fingerprint density at radius 1 is 0.949 bits per heavy atom. The number of hydrogen-bond acceptors (Lipinski definition) is 4. The highest BCUT2D eigenvalue weighted by Gasteiger charge is 2.44. The molecule has 4 saturated heterocycles. The molecule has 206 valence electrons. The van der Waals surface area contributed by atoms with Crippen molar-refractivity contribution in [1.29, 1.82) is 0 Å². The molecule has 0 radical (unpaired) electrons. The summed E-state index contributed by atoms with van der Waals surface area (Å²) in [7, 11) is 0. The van der Waals surface area contributed by atoms with Crippen LogP contribution >= 0.6 is 0 Å². The first-order valence-corrected chi connectivity index (χ1v) is 15.3. The zero-order chi connectivity index (χ0) is 26.4. The van der Waals surface area contributed by atoms with Gasteiger partial charge in [0.25, 0.3) is 5.91 Å². The lowest BCUT2D eigenvalue weighted by molar-refractivity contribution is -0.142. The van der Waals surface area contributed by atoms with Crippen LogP contribution in [0, 0.1) is 6.92 Å². The number of para-hydroxylation sites is 2. The Balaban J connectivity index is 1.06. The molecule has 4 aliphatic rings. The van der Waals surface area contributed by atoms with Crippen molar-refractivity contribution in [2.75, 3.05) is 26.2 Å². The summed E-state index contributed by atoms with van der Waals surface area (Å²) in [6.45, 7) is 5.74. The van der Waals surface area contributed by atoms with E-state index >= 15 is 0 Å². The number of benzene rings is 2. The topological polar surface area (TPSA) is 50.6 Å². The third kappa shape index (κ3) is 4.59. The molecule has 0 saturated carbocycles. The Bertz CT molecular complexity index is 1290. The molecule has 0 aliphatic carbocycles. The molecule has 1 aromatic heterocycles. The fraction of sp³-hybridized carbons (Fsp3) is 0.576. The molecule has 4 atom stereocenters. The molecule has 6 heteroatoms. The Morgan fingerprint density at radius 3 is 2.38 bits per heavy atom. The van der Waals surface area contributed by atoms with Gasteiger partial charge >= 0.3 is 0 Å². The van der Waals surface area contributed by atoms with Crippen LogP contribution in [0.4, 0.5) is 0 Å². The van der Waals surface area contributed by atoms with Crippen LogP contribution in [-0.4, -0.2) is 69.7 Å². The van der Waals surface area contributed by atoms with Gasteiger partial charge in [0, 0.05) is 37.8 Å². The first-order chi connectivity index (χ1) is 19.1. The van der Waals surface area contributed by atoms with Gasteiger partial charge < -0.3 is 14.2 Å². The number of aromatic nitrogens is 2. The number of carbonyl (C=O) groups excluding carboxylic acids is 1. The standard InChI is InChI=1S/C33H42N4O2/c1-24-34-29-10-5-6-11-30(29)37(24)28-22-26-13-14-27(23-28)36(26)20-17-33(25-8-3-2-4-9-25)15-18-35(19-16-33)32(38)31-12-7-21-39-31/h2-6,8-11,26-28,31H,7,12-23H2,1H3/t26-,27+,28?,31?. The zero-order valence-electron chi connectivity index (χ0n) is 23.3. The molecule has 39 heavy (non-hydrogen) atoms. The van der Waals surface area contributed by atoms with Gasteiger partial charge in [-0.3, -0.25) is 9.69 Å². The number of imidazole rings is 1. The molecular formula is C33H42N4O2. The van der Waals surface area contributed by atoms with E-state index in [1.807, 2.05) is 0 Å². The van der Waals surface area contributed by atoms with Gasteiger partial charge in [-0.05, 0) is 94.4 Å². The number of ether oxygens (including phenoxy) is 1. The molecular weight excluding hydrogens is 484 g/mol. The molecule has 2 unspecified atom stereocenters. The van der Waals surface area contributed by atoms with Crippen LogP contribution in [0.1, 0.15) is 75.2 Å². The minimum atomic E-state index is -0.206. The van der Waals surface area contributed by atoms with Gasteiger partial charge in [0.2, 0.25) is 0 Å². The van der Waals surface area contributed by atoms with E-state index in [-0.39, 0.29) is 17.4 Å². The maximum Gasteiger partial charge on any atom is 0.251 e. The summed E-state index contributed by atoms with van der Waals surface area (Å²) in [5, 5.41) is 0. The first-order valence-electron chi connectivity index (χ1n) is 15.3. The molecule has 4 aliphatic heterocycles. The molecule has 0 spiro atoms. The first kappa shape index (κ1) is 25.3. The van der Waals surface area contributed by atoms with Crippen LogP contribution in [-0.2, 0) is 14.9 Å². The van der Waals surface area contributed by atoms with Crippen LogP contribution in [0.2, 0.25) is 0 Å². The van der Waals surface area contributed by atoms with Gasteiger partial charge in [0.15, 0.2) is 0 Å². The summed E-state index contributed by atoms with van der Waals surface area (Å²) in [4.78, 5) is 22.9. The van der Waals surface area contributed by atoms with Crippen LogP contribution in [0.25, 0.3) is 11.0 Å². The van der Waals surface area contributed by atoms with E-state index in [1.54, 1.807) is 0 Å². The molecule has 5 heterocycles. The number of carbonyl (C=O) groups is 1. The van der Waals surface area contributed by atoms with Crippen molar-refractivity contribution in [1.82, 2.24) is 19.4 Å². The number of fused-ring (bicyclic) bond motifs is 3. The quantitative estimate of drug-likeness (QED) is 0.417. The van der Waals surface area contributed by atoms with Gasteiger partial charge in [0.05, 0.1) is 11.0 Å². The van der Waals surface area contributed by atoms with Crippen LogP contribution in [0.15, 0.2) is 54.6 Å². The second kappa shape index (κ2) is 10.4. The van der Waals surface area contributed by atoms with E-state index < -0.39 is 0 Å². The molecule has 4 fully saturated rings. The maximum absolute atomic E-state index is 13.1. The molecule has 6 nitrogen and oxygen atoms in total. The number of piperidine rings is 2. The fourth-order valence-corrected chi connectivity index (χ4v) is 8.40. The molecule has 7 rings (SSSR count). The van der Waals surface area contributed by atoms with E-state index in [0.29, 0.717) is 18.1 Å². The number of nitrogens with zero attached hydrogens (tertiary/aromatic N) is 4. The second-order valence-corrected chi connectivity index (χ2v) is 12.5. The van der Waals surface area contributed by atoms with Crippen molar-refractivity contribution in [2.24, 2.45) is 0 Å². The normalized spacial score (nSPS) is 28.8. The van der Waals surface area contributed by atoms with E-state index in [1.165, 1.54) is 43.2 Å². The van der Waals surface area contributed by atoms with E-state index in [0.717, 1.165) is 63.3 Å². The molecule has 2 aromatic carbocycles. The third-order valence-corrected chi connectivity index (χ3v) is 10.5.